The van der Waals surface area contributed by atoms with Gasteiger partial charge in [0.1, 0.15) is 5.69 Å². The number of fused-ring (bicyclic) bond motifs is 3. The minimum Gasteiger partial charge on any atom is -0.395 e. The van der Waals surface area contributed by atoms with Gasteiger partial charge in [0.05, 0.1) is 35.2 Å². The summed E-state index contributed by atoms with van der Waals surface area (Å²) in [6, 6.07) is 13.0. The minimum atomic E-state index is -0.436. The van der Waals surface area contributed by atoms with E-state index in [0.29, 0.717) is 34.7 Å². The van der Waals surface area contributed by atoms with Crippen molar-refractivity contribution in [1.82, 2.24) is 25.9 Å². The zero-order valence-electron chi connectivity index (χ0n) is 19.9. The zero-order valence-corrected chi connectivity index (χ0v) is 19.9. The minimum absolute atomic E-state index is 0.0137. The number of aromatic nitrogens is 2. The van der Waals surface area contributed by atoms with Crippen LogP contribution < -0.4 is 21.0 Å². The van der Waals surface area contributed by atoms with Crippen molar-refractivity contribution in [3.05, 3.63) is 53.6 Å². The molecule has 36 heavy (non-hydrogen) atoms. The smallest absolute Gasteiger partial charge is 0.333 e. The summed E-state index contributed by atoms with van der Waals surface area (Å²) in [6.45, 7) is 4.53. The Morgan fingerprint density at radius 1 is 1.08 bits per heavy atom. The number of amides is 2. The number of hydrogen-bond donors (Lipinski definition) is 5. The van der Waals surface area contributed by atoms with Gasteiger partial charge in [0.15, 0.2) is 5.78 Å². The fourth-order valence-electron chi connectivity index (χ4n) is 5.41. The summed E-state index contributed by atoms with van der Waals surface area (Å²) in [4.78, 5) is 28.7. The largest absolute Gasteiger partial charge is 0.395 e. The highest BCUT2D eigenvalue weighted by Gasteiger charge is 2.35. The van der Waals surface area contributed by atoms with Gasteiger partial charge in [-0.05, 0) is 31.0 Å². The van der Waals surface area contributed by atoms with Crippen molar-refractivity contribution in [1.29, 1.82) is 0 Å². The molecule has 1 aliphatic carbocycles. The lowest BCUT2D eigenvalue weighted by Gasteiger charge is -2.29. The number of piperazine rings is 1. The molecule has 2 amide bonds. The van der Waals surface area contributed by atoms with Gasteiger partial charge < -0.3 is 20.6 Å². The molecule has 0 saturated carbocycles. The molecular formula is C26H29N7O3. The van der Waals surface area contributed by atoms with Crippen molar-refractivity contribution in [2.45, 2.75) is 18.9 Å². The van der Waals surface area contributed by atoms with Crippen LogP contribution in [0.2, 0.25) is 0 Å². The van der Waals surface area contributed by atoms with E-state index in [1.54, 1.807) is 11.1 Å². The van der Waals surface area contributed by atoms with E-state index in [0.717, 1.165) is 55.8 Å². The first-order valence-corrected chi connectivity index (χ1v) is 12.4. The Morgan fingerprint density at radius 2 is 1.89 bits per heavy atom. The fraction of sp³-hybridized carbons (Fsp3) is 0.346. The maximum Gasteiger partial charge on any atom is 0.333 e. The number of aromatic amines is 1. The van der Waals surface area contributed by atoms with Crippen LogP contribution in [0.3, 0.4) is 0 Å². The Kier molecular flexibility index (Phi) is 5.92. The van der Waals surface area contributed by atoms with Crippen LogP contribution in [-0.2, 0) is 0 Å². The van der Waals surface area contributed by atoms with Gasteiger partial charge in [-0.25, -0.2) is 9.80 Å². The lowest BCUT2D eigenvalue weighted by Crippen LogP contribution is -2.48. The van der Waals surface area contributed by atoms with Crippen LogP contribution in [-0.4, -0.2) is 77.5 Å². The number of anilines is 2. The van der Waals surface area contributed by atoms with Crippen LogP contribution in [0.4, 0.5) is 16.2 Å². The molecule has 10 heteroatoms. The van der Waals surface area contributed by atoms with Gasteiger partial charge in [-0.15, -0.1) is 0 Å². The Bertz CT molecular complexity index is 1300. The molecular weight excluding hydrogens is 458 g/mol. The number of ketones is 1. The summed E-state index contributed by atoms with van der Waals surface area (Å²) in [6.07, 6.45) is 1.74. The van der Waals surface area contributed by atoms with Crippen molar-refractivity contribution in [3.8, 4) is 22.5 Å². The molecule has 0 radical (unpaired) electrons. The number of urea groups is 1. The quantitative estimate of drug-likeness (QED) is 0.292. The number of aliphatic hydroxyl groups is 1. The summed E-state index contributed by atoms with van der Waals surface area (Å²) in [5.41, 5.74) is 8.24. The van der Waals surface area contributed by atoms with Crippen molar-refractivity contribution in [3.63, 3.8) is 0 Å². The van der Waals surface area contributed by atoms with Crippen LogP contribution in [0.15, 0.2) is 42.5 Å². The molecule has 2 fully saturated rings. The molecule has 3 aliphatic rings. The van der Waals surface area contributed by atoms with E-state index in [9.17, 15) is 14.7 Å². The molecule has 3 aromatic rings. The van der Waals surface area contributed by atoms with Crippen molar-refractivity contribution < 1.29 is 14.7 Å². The standard InChI is InChI=1S/C26H29N7O3/c34-15-18-3-2-12-33(18)31-26(36)28-20-5-1-4-19-21(20)25(35)22-23(29-30-24(19)22)16-6-8-17(9-7-16)32-13-10-27-11-14-32/h1,4-9,18,27,34H,2-3,10-15H2,(H,29,30)(H2,28,31,36)/t18-/m0/s1. The Balaban J connectivity index is 1.24. The molecule has 1 atom stereocenters. The number of rotatable bonds is 5. The molecule has 1 aromatic heterocycles. The second-order valence-corrected chi connectivity index (χ2v) is 9.40. The first-order valence-electron chi connectivity index (χ1n) is 12.4. The van der Waals surface area contributed by atoms with E-state index in [1.807, 2.05) is 24.3 Å². The summed E-state index contributed by atoms with van der Waals surface area (Å²) in [5.74, 6) is -0.166. The number of hydrogen-bond acceptors (Lipinski definition) is 7. The van der Waals surface area contributed by atoms with Gasteiger partial charge in [0.2, 0.25) is 0 Å². The average molecular weight is 488 g/mol. The maximum atomic E-state index is 13.6. The van der Waals surface area contributed by atoms with Crippen molar-refractivity contribution in [2.75, 3.05) is 49.5 Å². The number of carbonyl (C=O) groups excluding carboxylic acids is 2. The SMILES string of the molecule is O=C(Nc1cccc2c1C(=O)c1c(-c3ccc(N4CCNCC4)cc3)n[nH]c1-2)NN1CCC[C@H]1CO. The Hall–Kier alpha value is -3.73. The molecule has 186 valence electrons. The number of hydrazine groups is 1. The van der Waals surface area contributed by atoms with Gasteiger partial charge in [0, 0.05) is 49.5 Å². The number of benzene rings is 2. The maximum absolute atomic E-state index is 13.6. The highest BCUT2D eigenvalue weighted by Crippen LogP contribution is 2.43. The molecule has 0 bridgehead atoms. The fourth-order valence-corrected chi connectivity index (χ4v) is 5.41. The van der Waals surface area contributed by atoms with Crippen LogP contribution in [0.25, 0.3) is 22.5 Å². The van der Waals surface area contributed by atoms with Crippen molar-refractivity contribution in [2.24, 2.45) is 0 Å². The van der Waals surface area contributed by atoms with Gasteiger partial charge in [-0.2, -0.15) is 5.10 Å². The summed E-state index contributed by atoms with van der Waals surface area (Å²) in [7, 11) is 0. The second kappa shape index (κ2) is 9.38. The van der Waals surface area contributed by atoms with Crippen LogP contribution in [0.5, 0.6) is 0 Å². The third-order valence-electron chi connectivity index (χ3n) is 7.26. The van der Waals surface area contributed by atoms with Gasteiger partial charge >= 0.3 is 6.03 Å². The topological polar surface area (TPSA) is 126 Å². The van der Waals surface area contributed by atoms with Crippen molar-refractivity contribution >= 4 is 23.2 Å². The summed E-state index contributed by atoms with van der Waals surface area (Å²) >= 11 is 0. The lowest BCUT2D eigenvalue weighted by molar-refractivity contribution is 0.104. The monoisotopic (exact) mass is 487 g/mol. The van der Waals surface area contributed by atoms with E-state index >= 15 is 0 Å². The highest BCUT2D eigenvalue weighted by atomic mass is 16.3. The predicted molar refractivity (Wildman–Crippen MR) is 137 cm³/mol. The number of nitrogens with one attached hydrogen (secondary N) is 4. The van der Waals surface area contributed by atoms with Gasteiger partial charge in [0.25, 0.3) is 0 Å². The molecule has 0 spiro atoms. The van der Waals surface area contributed by atoms with Crippen LogP contribution >= 0.6 is 0 Å². The lowest BCUT2D eigenvalue weighted by atomic mass is 10.0. The van der Waals surface area contributed by atoms with E-state index in [-0.39, 0.29) is 18.4 Å². The van der Waals surface area contributed by atoms with E-state index in [1.165, 1.54) is 0 Å². The number of carbonyl (C=O) groups is 2. The molecule has 2 saturated heterocycles. The normalized spacial score (nSPS) is 19.3. The summed E-state index contributed by atoms with van der Waals surface area (Å²) in [5, 5.41) is 25.0. The molecule has 6 rings (SSSR count). The predicted octanol–water partition coefficient (Wildman–Crippen LogP) is 2.19. The third-order valence-corrected chi connectivity index (χ3v) is 7.26. The van der Waals surface area contributed by atoms with Crippen LogP contribution in [0.1, 0.15) is 28.8 Å². The second-order valence-electron chi connectivity index (χ2n) is 9.40. The average Bonchev–Trinajstić information content (AvgIpc) is 3.61. The van der Waals surface area contributed by atoms with E-state index < -0.39 is 6.03 Å². The zero-order chi connectivity index (χ0) is 24.6. The summed E-state index contributed by atoms with van der Waals surface area (Å²) < 4.78 is 0. The number of nitrogens with zero attached hydrogens (tertiary/aromatic N) is 3. The molecule has 5 N–H and O–H groups in total. The number of aliphatic hydroxyl groups excluding tert-OH is 1. The molecule has 3 heterocycles. The Morgan fingerprint density at radius 3 is 2.67 bits per heavy atom. The van der Waals surface area contributed by atoms with E-state index in [2.05, 4.69) is 43.3 Å². The van der Waals surface area contributed by atoms with Gasteiger partial charge in [-0.1, -0.05) is 24.3 Å². The third kappa shape index (κ3) is 3.93. The molecule has 0 unspecified atom stereocenters. The molecule has 10 nitrogen and oxygen atoms in total. The molecule has 2 aliphatic heterocycles. The van der Waals surface area contributed by atoms with Crippen LogP contribution in [0, 0.1) is 0 Å². The number of H-pyrrole nitrogens is 1. The van der Waals surface area contributed by atoms with E-state index in [4.69, 9.17) is 0 Å². The first-order chi connectivity index (χ1) is 17.6. The highest BCUT2D eigenvalue weighted by molar-refractivity contribution is 6.26. The molecule has 2 aromatic carbocycles. The Labute approximate surface area is 208 Å². The van der Waals surface area contributed by atoms with Gasteiger partial charge in [-0.3, -0.25) is 15.3 Å². The first kappa shape index (κ1) is 22.7.